The number of carbonyl (C=O) groups excluding carboxylic acids is 2. The standard InChI is InChI=1S/C43H66O16/c1-19(2)43(20(3)46)14-10-25(38(53)59-43)31-28(54-21(4)47)16-27-24-8-7-22-15-23(9-12-41(22,5)26(24)11-13-42(27,31)6)55-40-37(35(51)33(49)30(18-45)57-40)58-39-36(52)34(50)32(48)29(17-44)56-39/h8,11,19-20,22-23,25,27-37,39-40,44-46,48-52H,7,9-10,12-18H2,1-6H3/t20-,22?,23+,25-,27+,28+,29-,30-,31+,32+,33-,34+,35+,36-,37-,39+,40-,41+,42+,43-/m1/s1. The normalized spacial score (nSPS) is 49.2. The van der Waals surface area contributed by atoms with Crippen molar-refractivity contribution in [1.82, 2.24) is 0 Å². The lowest BCUT2D eigenvalue weighted by Gasteiger charge is -2.54. The summed E-state index contributed by atoms with van der Waals surface area (Å²) in [6, 6.07) is 0. The molecule has 5 fully saturated rings. The number of esters is 2. The SMILES string of the molecule is CC(=O)O[C@H]1C[C@H]2C3=CCC4C[C@@H](O[C@@H]5O[C@H](CO)[C@@H](O)[C@H](O)[C@H]5O[C@@H]5O[C@H](CO)[C@H](O)[C@H](O)[C@H]5O)CC[C@]4(C)C3=CC[C@]2(C)[C@H]1[C@H]1CC[C@@](C(C)C)([C@@H](C)O)OC1=O. The summed E-state index contributed by atoms with van der Waals surface area (Å²) >= 11 is 0. The van der Waals surface area contributed by atoms with Crippen LogP contribution in [0, 0.1) is 40.4 Å². The molecular weight excluding hydrogens is 772 g/mol. The topological polar surface area (TPSA) is 251 Å². The first-order valence-electron chi connectivity index (χ1n) is 21.5. The van der Waals surface area contributed by atoms with Crippen molar-refractivity contribution < 1.29 is 78.9 Å². The van der Waals surface area contributed by atoms with E-state index in [-0.39, 0.29) is 35.1 Å². The third-order valence-electron chi connectivity index (χ3n) is 15.7. The highest BCUT2D eigenvalue weighted by Gasteiger charge is 2.63. The number of allylic oxidation sites excluding steroid dienone is 4. The molecule has 20 atom stereocenters. The maximum atomic E-state index is 14.0. The van der Waals surface area contributed by atoms with Crippen LogP contribution < -0.4 is 0 Å². The minimum absolute atomic E-state index is 0.0317. The molecule has 0 bridgehead atoms. The van der Waals surface area contributed by atoms with Gasteiger partial charge >= 0.3 is 11.9 Å². The second-order valence-corrected chi connectivity index (χ2v) is 19.2. The third-order valence-corrected chi connectivity index (χ3v) is 15.7. The Balaban J connectivity index is 1.09. The monoisotopic (exact) mass is 838 g/mol. The quantitative estimate of drug-likeness (QED) is 0.142. The zero-order chi connectivity index (χ0) is 42.9. The fourth-order valence-corrected chi connectivity index (χ4v) is 12.2. The number of hydrogen-bond acceptors (Lipinski definition) is 16. The van der Waals surface area contributed by atoms with Crippen molar-refractivity contribution in [3.63, 3.8) is 0 Å². The number of cyclic esters (lactones) is 1. The molecule has 7 rings (SSSR count). The highest BCUT2D eigenvalue weighted by Crippen LogP contribution is 2.66. The Kier molecular flexibility index (Phi) is 12.9. The predicted molar refractivity (Wildman–Crippen MR) is 205 cm³/mol. The summed E-state index contributed by atoms with van der Waals surface area (Å²) in [4.78, 5) is 26.5. The van der Waals surface area contributed by atoms with E-state index in [2.05, 4.69) is 26.0 Å². The third kappa shape index (κ3) is 7.64. The van der Waals surface area contributed by atoms with Gasteiger partial charge in [-0.1, -0.05) is 39.8 Å². The van der Waals surface area contributed by atoms with Gasteiger partial charge in [-0.2, -0.15) is 0 Å². The molecule has 0 aromatic heterocycles. The van der Waals surface area contributed by atoms with Gasteiger partial charge in [0.15, 0.2) is 12.6 Å². The highest BCUT2D eigenvalue weighted by atomic mass is 16.8. The summed E-state index contributed by atoms with van der Waals surface area (Å²) in [5.74, 6) is -1.41. The molecule has 2 saturated carbocycles. The van der Waals surface area contributed by atoms with E-state index in [0.717, 1.165) is 12.8 Å². The summed E-state index contributed by atoms with van der Waals surface area (Å²) in [6.45, 7) is 10.2. The second-order valence-electron chi connectivity index (χ2n) is 19.2. The van der Waals surface area contributed by atoms with Crippen LogP contribution in [0.2, 0.25) is 0 Å². The number of fused-ring (bicyclic) bond motifs is 5. The maximum absolute atomic E-state index is 14.0. The molecule has 0 spiro atoms. The van der Waals surface area contributed by atoms with Gasteiger partial charge in [-0.25, -0.2) is 0 Å². The van der Waals surface area contributed by atoms with Crippen LogP contribution in [-0.2, 0) is 38.0 Å². The van der Waals surface area contributed by atoms with E-state index in [9.17, 15) is 50.4 Å². The summed E-state index contributed by atoms with van der Waals surface area (Å²) in [7, 11) is 0. The fraction of sp³-hybridized carbons (Fsp3) is 0.860. The molecule has 1 unspecified atom stereocenters. The lowest BCUT2D eigenvalue weighted by molar-refractivity contribution is -0.372. The number of ether oxygens (including phenoxy) is 6. The molecule has 0 aromatic carbocycles. The molecule has 8 N–H and O–H groups in total. The minimum atomic E-state index is -1.77. The van der Waals surface area contributed by atoms with E-state index in [4.69, 9.17) is 28.4 Å². The lowest BCUT2D eigenvalue weighted by Crippen LogP contribution is -2.65. The number of hydrogen-bond donors (Lipinski definition) is 8. The minimum Gasteiger partial charge on any atom is -0.462 e. The number of carbonyl (C=O) groups is 2. The first-order valence-corrected chi connectivity index (χ1v) is 21.5. The first kappa shape index (κ1) is 45.0. The van der Waals surface area contributed by atoms with E-state index in [1.54, 1.807) is 6.92 Å². The second kappa shape index (κ2) is 16.9. The van der Waals surface area contributed by atoms with Crippen LogP contribution in [-0.4, -0.2) is 151 Å². The van der Waals surface area contributed by atoms with Gasteiger partial charge in [0.05, 0.1) is 31.3 Å². The van der Waals surface area contributed by atoms with Crippen LogP contribution in [0.3, 0.4) is 0 Å². The average molecular weight is 839 g/mol. The lowest BCUT2D eigenvalue weighted by atomic mass is 9.51. The summed E-state index contributed by atoms with van der Waals surface area (Å²) in [5.41, 5.74) is 0.889. The molecule has 0 aromatic rings. The van der Waals surface area contributed by atoms with Crippen LogP contribution in [0.15, 0.2) is 23.3 Å². The Labute approximate surface area is 345 Å². The average Bonchev–Trinajstić information content (AvgIpc) is 3.47. The summed E-state index contributed by atoms with van der Waals surface area (Å²) < 4.78 is 36.1. The van der Waals surface area contributed by atoms with Gasteiger partial charge in [0.25, 0.3) is 0 Å². The van der Waals surface area contributed by atoms with Gasteiger partial charge in [0, 0.05) is 12.8 Å². The Morgan fingerprint density at radius 3 is 2.14 bits per heavy atom. The Morgan fingerprint density at radius 1 is 0.864 bits per heavy atom. The molecule has 3 saturated heterocycles. The van der Waals surface area contributed by atoms with Crippen molar-refractivity contribution in [2.75, 3.05) is 13.2 Å². The number of aliphatic hydroxyl groups excluding tert-OH is 8. The molecule has 4 aliphatic carbocycles. The number of aliphatic hydroxyl groups is 8. The smallest absolute Gasteiger partial charge is 0.310 e. The molecule has 16 heteroatoms. The van der Waals surface area contributed by atoms with Gasteiger partial charge < -0.3 is 69.3 Å². The molecule has 59 heavy (non-hydrogen) atoms. The largest absolute Gasteiger partial charge is 0.462 e. The molecule has 3 aliphatic heterocycles. The molecule has 0 radical (unpaired) electrons. The zero-order valence-corrected chi connectivity index (χ0v) is 35.0. The van der Waals surface area contributed by atoms with E-state index >= 15 is 0 Å². The molecule has 0 amide bonds. The summed E-state index contributed by atoms with van der Waals surface area (Å²) in [6.07, 6.45) is -7.42. The zero-order valence-electron chi connectivity index (χ0n) is 35.0. The fourth-order valence-electron chi connectivity index (χ4n) is 12.2. The van der Waals surface area contributed by atoms with Gasteiger partial charge in [0.1, 0.15) is 60.5 Å². The highest BCUT2D eigenvalue weighted by molar-refractivity contribution is 5.75. The van der Waals surface area contributed by atoms with Gasteiger partial charge in [0.2, 0.25) is 0 Å². The Bertz CT molecular complexity index is 1600. The van der Waals surface area contributed by atoms with Gasteiger partial charge in [-0.05, 0) is 98.0 Å². The molecule has 7 aliphatic rings. The van der Waals surface area contributed by atoms with Crippen molar-refractivity contribution in [1.29, 1.82) is 0 Å². The van der Waals surface area contributed by atoms with E-state index in [1.165, 1.54) is 18.1 Å². The van der Waals surface area contributed by atoms with Gasteiger partial charge in [-0.3, -0.25) is 9.59 Å². The van der Waals surface area contributed by atoms with Crippen molar-refractivity contribution >= 4 is 11.9 Å². The Morgan fingerprint density at radius 2 is 1.53 bits per heavy atom. The van der Waals surface area contributed by atoms with E-state index in [0.29, 0.717) is 38.5 Å². The van der Waals surface area contributed by atoms with E-state index in [1.807, 2.05) is 13.8 Å². The summed E-state index contributed by atoms with van der Waals surface area (Å²) in [5, 5.41) is 83.6. The van der Waals surface area contributed by atoms with Gasteiger partial charge in [-0.15, -0.1) is 0 Å². The molecule has 334 valence electrons. The van der Waals surface area contributed by atoms with Crippen molar-refractivity contribution in [2.24, 2.45) is 40.4 Å². The van der Waals surface area contributed by atoms with Crippen LogP contribution in [0.1, 0.15) is 92.9 Å². The molecular formula is C43H66O16. The maximum Gasteiger partial charge on any atom is 0.310 e. The Hall–Kier alpha value is -2.06. The van der Waals surface area contributed by atoms with Crippen LogP contribution in [0.5, 0.6) is 0 Å². The van der Waals surface area contributed by atoms with Crippen LogP contribution >= 0.6 is 0 Å². The molecule has 16 nitrogen and oxygen atoms in total. The van der Waals surface area contributed by atoms with Crippen LogP contribution in [0.25, 0.3) is 0 Å². The molecule has 3 heterocycles. The van der Waals surface area contributed by atoms with Crippen molar-refractivity contribution in [2.45, 2.75) is 178 Å². The van der Waals surface area contributed by atoms with Crippen molar-refractivity contribution in [3.05, 3.63) is 23.3 Å². The number of rotatable bonds is 10. The van der Waals surface area contributed by atoms with Crippen molar-refractivity contribution in [3.8, 4) is 0 Å². The van der Waals surface area contributed by atoms with Crippen LogP contribution in [0.4, 0.5) is 0 Å². The van der Waals surface area contributed by atoms with E-state index < -0.39 is 116 Å². The predicted octanol–water partition coefficient (Wildman–Crippen LogP) is 0.765. The first-order chi connectivity index (χ1) is 27.8.